The molecule has 0 saturated carbocycles. The Morgan fingerprint density at radius 3 is 2.41 bits per heavy atom. The van der Waals surface area contributed by atoms with Gasteiger partial charge in [0, 0.05) is 17.7 Å². The van der Waals surface area contributed by atoms with Gasteiger partial charge in [0.25, 0.3) is 5.91 Å². The summed E-state index contributed by atoms with van der Waals surface area (Å²) in [6.45, 7) is 0. The summed E-state index contributed by atoms with van der Waals surface area (Å²) in [5.74, 6) is -1.13. The molecule has 1 aliphatic rings. The molecule has 3 aromatic rings. The van der Waals surface area contributed by atoms with Gasteiger partial charge in [-0.2, -0.15) is 5.10 Å². The van der Waals surface area contributed by atoms with E-state index in [1.54, 1.807) is 0 Å². The molecule has 1 aromatic heterocycles. The molecule has 1 aliphatic carbocycles. The fourth-order valence-electron chi connectivity index (χ4n) is 3.90. The SMILES string of the molecule is O=C(O)CCC(NC(=O)c1nn(-c2ccccc2)c2c1CCC2)c1ccccc1. The molecule has 0 aliphatic heterocycles. The lowest BCUT2D eigenvalue weighted by Crippen LogP contribution is -2.30. The number of rotatable bonds is 7. The van der Waals surface area contributed by atoms with Crippen molar-refractivity contribution in [3.05, 3.63) is 83.2 Å². The zero-order valence-electron chi connectivity index (χ0n) is 16.0. The maximum absolute atomic E-state index is 13.1. The summed E-state index contributed by atoms with van der Waals surface area (Å²) >= 11 is 0. The predicted octanol–water partition coefficient (Wildman–Crippen LogP) is 3.70. The fourth-order valence-corrected chi connectivity index (χ4v) is 3.90. The lowest BCUT2D eigenvalue weighted by molar-refractivity contribution is -0.137. The Morgan fingerprint density at radius 2 is 1.72 bits per heavy atom. The van der Waals surface area contributed by atoms with Crippen LogP contribution in [0.4, 0.5) is 0 Å². The van der Waals surface area contributed by atoms with E-state index in [9.17, 15) is 9.59 Å². The Kier molecular flexibility index (Phi) is 5.42. The first-order valence-electron chi connectivity index (χ1n) is 9.87. The van der Waals surface area contributed by atoms with Gasteiger partial charge in [-0.25, -0.2) is 4.68 Å². The molecule has 1 atom stereocenters. The van der Waals surface area contributed by atoms with Crippen LogP contribution >= 0.6 is 0 Å². The summed E-state index contributed by atoms with van der Waals surface area (Å²) < 4.78 is 1.87. The fraction of sp³-hybridized carbons (Fsp3) is 0.261. The van der Waals surface area contributed by atoms with Crippen LogP contribution in [0.3, 0.4) is 0 Å². The van der Waals surface area contributed by atoms with E-state index < -0.39 is 5.97 Å². The molecule has 4 rings (SSSR count). The van der Waals surface area contributed by atoms with Crippen molar-refractivity contribution in [1.29, 1.82) is 0 Å². The quantitative estimate of drug-likeness (QED) is 0.645. The molecule has 148 valence electrons. The molecular formula is C23H23N3O3. The van der Waals surface area contributed by atoms with Crippen LogP contribution in [0.25, 0.3) is 5.69 Å². The van der Waals surface area contributed by atoms with Crippen molar-refractivity contribution < 1.29 is 14.7 Å². The number of hydrogen-bond donors (Lipinski definition) is 2. The summed E-state index contributed by atoms with van der Waals surface area (Å²) in [6.07, 6.45) is 3.03. The first kappa shape index (κ1) is 18.9. The summed E-state index contributed by atoms with van der Waals surface area (Å²) in [5.41, 5.74) is 4.36. The smallest absolute Gasteiger partial charge is 0.303 e. The number of fused-ring (bicyclic) bond motifs is 1. The van der Waals surface area contributed by atoms with E-state index in [1.165, 1.54) is 0 Å². The number of amides is 1. The van der Waals surface area contributed by atoms with Gasteiger partial charge < -0.3 is 10.4 Å². The molecular weight excluding hydrogens is 366 g/mol. The van der Waals surface area contributed by atoms with Crippen LogP contribution in [0, 0.1) is 0 Å². The molecule has 6 nitrogen and oxygen atoms in total. The van der Waals surface area contributed by atoms with Crippen LogP contribution in [-0.2, 0) is 17.6 Å². The number of carbonyl (C=O) groups excluding carboxylic acids is 1. The van der Waals surface area contributed by atoms with Gasteiger partial charge in [-0.3, -0.25) is 9.59 Å². The highest BCUT2D eigenvalue weighted by atomic mass is 16.4. The first-order valence-corrected chi connectivity index (χ1v) is 9.87. The molecule has 1 unspecified atom stereocenters. The second-order valence-corrected chi connectivity index (χ2v) is 7.24. The molecule has 0 radical (unpaired) electrons. The number of carbonyl (C=O) groups is 2. The monoisotopic (exact) mass is 389 g/mol. The Hall–Kier alpha value is -3.41. The van der Waals surface area contributed by atoms with Crippen LogP contribution in [0.5, 0.6) is 0 Å². The van der Waals surface area contributed by atoms with Gasteiger partial charge in [0.15, 0.2) is 5.69 Å². The molecule has 2 aromatic carbocycles. The van der Waals surface area contributed by atoms with Crippen molar-refractivity contribution >= 4 is 11.9 Å². The van der Waals surface area contributed by atoms with Crippen LogP contribution in [0.15, 0.2) is 60.7 Å². The standard InChI is InChI=1S/C23H23N3O3/c27-21(28)15-14-19(16-8-3-1-4-9-16)24-23(29)22-18-12-7-13-20(18)26(25-22)17-10-5-2-6-11-17/h1-6,8-11,19H,7,12-15H2,(H,24,29)(H,27,28). The van der Waals surface area contributed by atoms with Crippen LogP contribution in [0.1, 0.15) is 52.6 Å². The zero-order chi connectivity index (χ0) is 20.2. The molecule has 0 bridgehead atoms. The van der Waals surface area contributed by atoms with Gasteiger partial charge in [-0.1, -0.05) is 48.5 Å². The number of aromatic nitrogens is 2. The Labute approximate surface area is 169 Å². The van der Waals surface area contributed by atoms with E-state index in [1.807, 2.05) is 65.3 Å². The van der Waals surface area contributed by atoms with Gasteiger partial charge in [0.1, 0.15) is 0 Å². The molecule has 29 heavy (non-hydrogen) atoms. The van der Waals surface area contributed by atoms with E-state index in [0.29, 0.717) is 12.1 Å². The highest BCUT2D eigenvalue weighted by Crippen LogP contribution is 2.28. The van der Waals surface area contributed by atoms with Crippen molar-refractivity contribution in [2.75, 3.05) is 0 Å². The molecule has 1 heterocycles. The summed E-state index contributed by atoms with van der Waals surface area (Å²) in [4.78, 5) is 24.2. The number of aliphatic carboxylic acids is 1. The average Bonchev–Trinajstić information content (AvgIpc) is 3.35. The van der Waals surface area contributed by atoms with Crippen molar-refractivity contribution in [2.24, 2.45) is 0 Å². The average molecular weight is 389 g/mol. The Morgan fingerprint density at radius 1 is 1.03 bits per heavy atom. The van der Waals surface area contributed by atoms with Crippen LogP contribution in [0.2, 0.25) is 0 Å². The topological polar surface area (TPSA) is 84.2 Å². The van der Waals surface area contributed by atoms with Crippen LogP contribution < -0.4 is 5.32 Å². The second-order valence-electron chi connectivity index (χ2n) is 7.24. The zero-order valence-corrected chi connectivity index (χ0v) is 16.0. The normalized spacial score (nSPS) is 13.7. The van der Waals surface area contributed by atoms with Gasteiger partial charge in [-0.15, -0.1) is 0 Å². The highest BCUT2D eigenvalue weighted by Gasteiger charge is 2.28. The number of para-hydroxylation sites is 1. The van der Waals surface area contributed by atoms with Crippen molar-refractivity contribution in [2.45, 2.75) is 38.1 Å². The summed E-state index contributed by atoms with van der Waals surface area (Å²) in [5, 5.41) is 16.7. The predicted molar refractivity (Wildman–Crippen MR) is 109 cm³/mol. The van der Waals surface area contributed by atoms with E-state index >= 15 is 0 Å². The third-order valence-electron chi connectivity index (χ3n) is 5.30. The minimum Gasteiger partial charge on any atom is -0.481 e. The minimum absolute atomic E-state index is 0.0175. The molecule has 0 spiro atoms. The lowest BCUT2D eigenvalue weighted by atomic mass is 10.0. The van der Waals surface area contributed by atoms with Crippen molar-refractivity contribution in [1.82, 2.24) is 15.1 Å². The van der Waals surface area contributed by atoms with Crippen molar-refractivity contribution in [3.8, 4) is 5.69 Å². The summed E-state index contributed by atoms with van der Waals surface area (Å²) in [6, 6.07) is 18.9. The molecule has 1 amide bonds. The highest BCUT2D eigenvalue weighted by molar-refractivity contribution is 5.94. The third kappa shape index (κ3) is 4.06. The molecule has 6 heteroatoms. The van der Waals surface area contributed by atoms with E-state index in [2.05, 4.69) is 10.4 Å². The molecule has 0 fully saturated rings. The lowest BCUT2D eigenvalue weighted by Gasteiger charge is -2.18. The van der Waals surface area contributed by atoms with Crippen LogP contribution in [-0.4, -0.2) is 26.8 Å². The van der Waals surface area contributed by atoms with Gasteiger partial charge in [-0.05, 0) is 43.4 Å². The third-order valence-corrected chi connectivity index (χ3v) is 5.30. The van der Waals surface area contributed by atoms with Gasteiger partial charge >= 0.3 is 5.97 Å². The second kappa shape index (κ2) is 8.31. The maximum atomic E-state index is 13.1. The number of hydrogen-bond acceptors (Lipinski definition) is 3. The first-order chi connectivity index (χ1) is 14.1. The number of nitrogens with one attached hydrogen (secondary N) is 1. The van der Waals surface area contributed by atoms with E-state index in [-0.39, 0.29) is 18.4 Å². The van der Waals surface area contributed by atoms with E-state index in [4.69, 9.17) is 5.11 Å². The minimum atomic E-state index is -0.880. The molecule has 0 saturated heterocycles. The Bertz CT molecular complexity index is 1010. The number of carboxylic acids is 1. The Balaban J connectivity index is 1.62. The molecule has 2 N–H and O–H groups in total. The maximum Gasteiger partial charge on any atom is 0.303 e. The van der Waals surface area contributed by atoms with E-state index in [0.717, 1.165) is 41.8 Å². The van der Waals surface area contributed by atoms with Crippen molar-refractivity contribution in [3.63, 3.8) is 0 Å². The number of nitrogens with zero attached hydrogens (tertiary/aromatic N) is 2. The summed E-state index contributed by atoms with van der Waals surface area (Å²) in [7, 11) is 0. The largest absolute Gasteiger partial charge is 0.481 e. The van der Waals surface area contributed by atoms with Gasteiger partial charge in [0.05, 0.1) is 11.7 Å². The number of carboxylic acid groups (broad SMARTS) is 1. The number of benzene rings is 2. The van der Waals surface area contributed by atoms with Gasteiger partial charge in [0.2, 0.25) is 0 Å².